The number of halogens is 3. The van der Waals surface area contributed by atoms with Crippen LogP contribution in [0.4, 0.5) is 0 Å². The molecule has 0 aromatic heterocycles. The van der Waals surface area contributed by atoms with E-state index in [0.717, 1.165) is 0 Å². The molecule has 0 saturated carbocycles. The van der Waals surface area contributed by atoms with Crippen LogP contribution in [0.3, 0.4) is 0 Å². The first kappa shape index (κ1) is 43.5. The van der Waals surface area contributed by atoms with Crippen molar-refractivity contribution < 1.29 is 80.6 Å². The van der Waals surface area contributed by atoms with Gasteiger partial charge in [-0.25, -0.2) is 0 Å². The van der Waals surface area contributed by atoms with Crippen molar-refractivity contribution in [3.05, 3.63) is 13.2 Å². The van der Waals surface area contributed by atoms with E-state index in [1.807, 2.05) is 0 Å². The molecule has 0 aliphatic rings. The van der Waals surface area contributed by atoms with E-state index in [1.54, 1.807) is 0 Å². The van der Waals surface area contributed by atoms with Crippen molar-refractivity contribution in [3.63, 3.8) is 0 Å². The predicted molar refractivity (Wildman–Crippen MR) is 22.3 cm³/mol. The molecule has 0 heterocycles. The van der Waals surface area contributed by atoms with Gasteiger partial charge in [0, 0.05) is 0 Å². The molecule has 0 atom stereocenters. The summed E-state index contributed by atoms with van der Waals surface area (Å²) < 4.78 is 0. The van der Waals surface area contributed by atoms with Crippen molar-refractivity contribution in [2.45, 2.75) is 0 Å². The predicted octanol–water partition coefficient (Wildman–Crippen LogP) is -13.4. The second-order valence-corrected chi connectivity index (χ2v) is 0.346. The van der Waals surface area contributed by atoms with Crippen molar-refractivity contribution in [1.29, 1.82) is 0 Å². The van der Waals surface area contributed by atoms with Gasteiger partial charge in [0.25, 0.3) is 0 Å². The van der Waals surface area contributed by atoms with Crippen LogP contribution in [0.2, 0.25) is 0 Å². The van der Waals surface area contributed by atoms with E-state index in [2.05, 4.69) is 13.2 Å². The van der Waals surface area contributed by atoms with E-state index in [9.17, 15) is 0 Å². The van der Waals surface area contributed by atoms with E-state index in [4.69, 9.17) is 15.1 Å². The Balaban J connectivity index is -0.00000000625. The average molecular weight is 185 g/mol. The molecular weight excluding hydrogens is 179 g/mol. The van der Waals surface area contributed by atoms with Crippen molar-refractivity contribution in [1.82, 2.24) is 0 Å². The quantitative estimate of drug-likeness (QED) is 0.259. The van der Waals surface area contributed by atoms with Gasteiger partial charge in [0.05, 0.1) is 0 Å². The Morgan fingerprint density at radius 1 is 0.900 bits per heavy atom. The number of rotatable bonds is 0. The first-order valence-corrected chi connectivity index (χ1v) is 1.18. The normalized spacial score (nSPS) is 3.10. The molecule has 8 heteroatoms. The Bertz CT molecular complexity index is 33.0. The summed E-state index contributed by atoms with van der Waals surface area (Å²) in [4.78, 5) is 0. The minimum absolute atomic E-state index is 0. The summed E-state index contributed by atoms with van der Waals surface area (Å²) in [6.45, 7) is 7.00. The van der Waals surface area contributed by atoms with E-state index in [1.165, 1.54) is 0 Å². The maximum absolute atomic E-state index is 7.17. The van der Waals surface area contributed by atoms with Crippen molar-refractivity contribution in [2.24, 2.45) is 0 Å². The van der Waals surface area contributed by atoms with Gasteiger partial charge in [-0.3, -0.25) is 6.58 Å². The van der Waals surface area contributed by atoms with E-state index >= 15 is 0 Å². The number of hydrogen-bond acceptors (Lipinski definition) is 3. The molecule has 0 aliphatic carbocycles. The summed E-state index contributed by atoms with van der Waals surface area (Å²) in [6.07, 6.45) is 0. The maximum atomic E-state index is 7.17. The Labute approximate surface area is 99.8 Å². The summed E-state index contributed by atoms with van der Waals surface area (Å²) in [5.74, 6) is 0. The molecule has 0 amide bonds. The van der Waals surface area contributed by atoms with Gasteiger partial charge >= 0.3 is 58.7 Å². The minimum atomic E-state index is -2.17. The van der Waals surface area contributed by atoms with Crippen LogP contribution in [0.25, 0.3) is 0 Å². The monoisotopic (exact) mass is 185 g/mol. The fraction of sp³-hybridized carbons (Fsp3) is 0. The molecule has 0 aliphatic heterocycles. The summed E-state index contributed by atoms with van der Waals surface area (Å²) in [7, 11) is -2.17. The van der Waals surface area contributed by atoms with E-state index in [0.29, 0.717) is 0 Å². The third-order valence-electron chi connectivity index (χ3n) is 0. The molecule has 0 radical (unpaired) electrons. The Morgan fingerprint density at radius 3 is 0.900 bits per heavy atom. The smallest absolute Gasteiger partial charge is 1.00 e. The maximum Gasteiger partial charge on any atom is 1.00 e. The molecule has 0 aromatic carbocycles. The van der Waals surface area contributed by atoms with Gasteiger partial charge in [-0.05, 0) is 0 Å². The van der Waals surface area contributed by atoms with Crippen molar-refractivity contribution in [3.8, 4) is 0 Å². The van der Waals surface area contributed by atoms with E-state index in [-0.39, 0.29) is 65.5 Å². The second-order valence-electron chi connectivity index (χ2n) is 0.346. The second kappa shape index (κ2) is 49.7. The van der Waals surface area contributed by atoms with E-state index < -0.39 is 7.32 Å². The summed E-state index contributed by atoms with van der Waals surface area (Å²) in [6, 6.07) is 0. The van der Waals surface area contributed by atoms with Gasteiger partial charge in [0.1, 0.15) is 0 Å². The fourth-order valence-corrected chi connectivity index (χ4v) is 0. The summed E-state index contributed by atoms with van der Waals surface area (Å²) in [5, 5.41) is 21.5. The zero-order chi connectivity index (χ0) is 5.58. The largest absolute Gasteiger partial charge is 1.00 e. The van der Waals surface area contributed by atoms with Crippen LogP contribution < -0.4 is 65.5 Å². The Hall–Kier alpha value is 1.11. The molecule has 3 nitrogen and oxygen atoms in total. The first-order chi connectivity index (χ1) is 2.73. The standard InChI is InChI=1S/C2H3.BH3O3.3FH.K/c1-2;2-1(3)4;;;;/h1H,2H2;2-4H;3*1H;/q-1;;;;;+1/p-3. The number of hydrogen-bond donors (Lipinski definition) is 3. The molecule has 0 spiro atoms. The molecule has 0 rings (SSSR count). The molecular formula is C2H6BF3KO3-3. The van der Waals surface area contributed by atoms with Crippen LogP contribution >= 0.6 is 0 Å². The zero-order valence-electron chi connectivity index (χ0n) is 5.34. The van der Waals surface area contributed by atoms with Gasteiger partial charge in [-0.2, -0.15) is 0 Å². The van der Waals surface area contributed by atoms with Gasteiger partial charge in [-0.1, -0.05) is 0 Å². The van der Waals surface area contributed by atoms with Crippen LogP contribution in [0, 0.1) is 6.58 Å². The molecule has 0 saturated heterocycles. The van der Waals surface area contributed by atoms with Crippen molar-refractivity contribution in [2.75, 3.05) is 0 Å². The van der Waals surface area contributed by atoms with Gasteiger partial charge in [0.2, 0.25) is 0 Å². The molecule has 0 fully saturated rings. The average Bonchev–Trinajstić information content (AvgIpc) is 1.41. The van der Waals surface area contributed by atoms with Gasteiger partial charge < -0.3 is 35.8 Å². The van der Waals surface area contributed by atoms with Crippen LogP contribution in [0.5, 0.6) is 0 Å². The third-order valence-corrected chi connectivity index (χ3v) is 0. The van der Waals surface area contributed by atoms with Crippen molar-refractivity contribution >= 4 is 7.32 Å². The first-order valence-electron chi connectivity index (χ1n) is 1.18. The molecule has 0 aromatic rings. The van der Waals surface area contributed by atoms with Crippen LogP contribution in [0.15, 0.2) is 6.58 Å². The molecule has 0 unspecified atom stereocenters. The van der Waals surface area contributed by atoms with Gasteiger partial charge in [0.15, 0.2) is 0 Å². The van der Waals surface area contributed by atoms with Crippen LogP contribution in [-0.2, 0) is 0 Å². The van der Waals surface area contributed by atoms with Crippen LogP contribution in [0.1, 0.15) is 0 Å². The topological polar surface area (TPSA) is 60.7 Å². The molecule has 60 valence electrons. The minimum Gasteiger partial charge on any atom is -1.00 e. The third kappa shape index (κ3) is 485. The molecule has 3 N–H and O–H groups in total. The Morgan fingerprint density at radius 2 is 0.900 bits per heavy atom. The fourth-order valence-electron chi connectivity index (χ4n) is 0. The zero-order valence-corrected chi connectivity index (χ0v) is 8.46. The Kier molecular flexibility index (Phi) is 216. The summed E-state index contributed by atoms with van der Waals surface area (Å²) >= 11 is 0. The van der Waals surface area contributed by atoms with Crippen LogP contribution in [-0.4, -0.2) is 22.4 Å². The molecule has 10 heavy (non-hydrogen) atoms. The SMILES string of the molecule is OB(O)O.[CH-]=C.[F-].[F-].[F-].[K+]. The van der Waals surface area contributed by atoms with Gasteiger partial charge in [-0.15, -0.1) is 0 Å². The molecule has 0 bridgehead atoms. The summed E-state index contributed by atoms with van der Waals surface area (Å²) in [5.41, 5.74) is 0.